The van der Waals surface area contributed by atoms with E-state index < -0.39 is 11.7 Å². The van der Waals surface area contributed by atoms with Crippen molar-refractivity contribution in [3.8, 4) is 11.1 Å². The molecule has 0 aliphatic carbocycles. The van der Waals surface area contributed by atoms with Crippen LogP contribution in [-0.2, 0) is 12.7 Å². The van der Waals surface area contributed by atoms with Gasteiger partial charge in [0, 0.05) is 18.3 Å². The van der Waals surface area contributed by atoms with E-state index in [9.17, 15) is 13.2 Å². The summed E-state index contributed by atoms with van der Waals surface area (Å²) in [4.78, 5) is 0. The lowest BCUT2D eigenvalue weighted by Gasteiger charge is -2.06. The van der Waals surface area contributed by atoms with Crippen molar-refractivity contribution in [2.75, 3.05) is 6.54 Å². The molecule has 1 aromatic heterocycles. The quantitative estimate of drug-likeness (QED) is 0.941. The fourth-order valence-electron chi connectivity index (χ4n) is 1.74. The summed E-state index contributed by atoms with van der Waals surface area (Å²) in [7, 11) is 0. The molecule has 0 bridgehead atoms. The van der Waals surface area contributed by atoms with E-state index in [-0.39, 0.29) is 12.4 Å². The molecule has 2 N–H and O–H groups in total. The van der Waals surface area contributed by atoms with E-state index in [2.05, 4.69) is 5.10 Å². The predicted molar refractivity (Wildman–Crippen MR) is 73.6 cm³/mol. The first-order valence-electron chi connectivity index (χ1n) is 5.91. The number of nitrogens with zero attached hydrogens (tertiary/aromatic N) is 2. The first kappa shape index (κ1) is 16.5. The van der Waals surface area contributed by atoms with Crippen molar-refractivity contribution in [2.24, 2.45) is 5.73 Å². The number of rotatable bonds is 4. The maximum Gasteiger partial charge on any atom is 0.416 e. The van der Waals surface area contributed by atoms with E-state index in [1.165, 1.54) is 12.1 Å². The normalized spacial score (nSPS) is 11.2. The molecular weight excluding hydrogens is 291 g/mol. The van der Waals surface area contributed by atoms with Gasteiger partial charge in [0.05, 0.1) is 11.8 Å². The number of halogens is 4. The molecule has 2 aromatic rings. The highest BCUT2D eigenvalue weighted by Crippen LogP contribution is 2.30. The maximum atomic E-state index is 12.4. The second-order valence-electron chi connectivity index (χ2n) is 4.21. The Labute approximate surface area is 121 Å². The summed E-state index contributed by atoms with van der Waals surface area (Å²) in [6.45, 7) is 1.28. The highest BCUT2D eigenvalue weighted by Gasteiger charge is 2.29. The Morgan fingerprint density at radius 1 is 1.10 bits per heavy atom. The van der Waals surface area contributed by atoms with Crippen LogP contribution in [0.15, 0.2) is 36.7 Å². The lowest BCUT2D eigenvalue weighted by Crippen LogP contribution is -2.05. The fourth-order valence-corrected chi connectivity index (χ4v) is 1.74. The van der Waals surface area contributed by atoms with Gasteiger partial charge in [-0.2, -0.15) is 18.3 Å². The largest absolute Gasteiger partial charge is 0.416 e. The van der Waals surface area contributed by atoms with Crippen LogP contribution in [0.25, 0.3) is 11.1 Å². The Balaban J connectivity index is 0.00000200. The fraction of sp³-hybridized carbons (Fsp3) is 0.308. The van der Waals surface area contributed by atoms with Crippen LogP contribution >= 0.6 is 12.4 Å². The molecule has 7 heteroatoms. The molecule has 20 heavy (non-hydrogen) atoms. The van der Waals surface area contributed by atoms with Crippen molar-refractivity contribution >= 4 is 12.4 Å². The highest BCUT2D eigenvalue weighted by atomic mass is 35.5. The average Bonchev–Trinajstić information content (AvgIpc) is 2.84. The molecule has 0 saturated carbocycles. The Morgan fingerprint density at radius 2 is 1.75 bits per heavy atom. The predicted octanol–water partition coefficient (Wildman–Crippen LogP) is 3.34. The summed E-state index contributed by atoms with van der Waals surface area (Å²) in [5, 5.41) is 4.14. The zero-order chi connectivity index (χ0) is 13.9. The topological polar surface area (TPSA) is 43.8 Å². The van der Waals surface area contributed by atoms with Gasteiger partial charge in [-0.3, -0.25) is 4.68 Å². The van der Waals surface area contributed by atoms with Crippen LogP contribution in [0.5, 0.6) is 0 Å². The Kier molecular flexibility index (Phi) is 5.59. The molecule has 1 heterocycles. The Morgan fingerprint density at radius 3 is 2.30 bits per heavy atom. The molecular formula is C13H15ClF3N3. The average molecular weight is 306 g/mol. The zero-order valence-corrected chi connectivity index (χ0v) is 11.4. The molecule has 0 fully saturated rings. The standard InChI is InChI=1S/C13H14F3N3.ClH/c14-13(15,16)12-4-2-10(3-5-12)11-8-18-19(9-11)7-1-6-17;/h2-5,8-9H,1,6-7,17H2;1H. The van der Waals surface area contributed by atoms with E-state index in [4.69, 9.17) is 5.73 Å². The number of aryl methyl sites for hydroxylation is 1. The second kappa shape index (κ2) is 6.76. The van der Waals surface area contributed by atoms with Crippen molar-refractivity contribution < 1.29 is 13.2 Å². The zero-order valence-electron chi connectivity index (χ0n) is 10.6. The maximum absolute atomic E-state index is 12.4. The second-order valence-corrected chi connectivity index (χ2v) is 4.21. The van der Waals surface area contributed by atoms with Crippen LogP contribution in [0.1, 0.15) is 12.0 Å². The van der Waals surface area contributed by atoms with Gasteiger partial charge < -0.3 is 5.73 Å². The van der Waals surface area contributed by atoms with E-state index >= 15 is 0 Å². The molecule has 2 rings (SSSR count). The summed E-state index contributed by atoms with van der Waals surface area (Å²) >= 11 is 0. The van der Waals surface area contributed by atoms with Gasteiger partial charge in [0.1, 0.15) is 0 Å². The van der Waals surface area contributed by atoms with Gasteiger partial charge in [-0.1, -0.05) is 12.1 Å². The lowest BCUT2D eigenvalue weighted by molar-refractivity contribution is -0.137. The van der Waals surface area contributed by atoms with Crippen molar-refractivity contribution in [2.45, 2.75) is 19.1 Å². The van der Waals surface area contributed by atoms with Gasteiger partial charge in [0.15, 0.2) is 0 Å². The highest BCUT2D eigenvalue weighted by molar-refractivity contribution is 5.85. The summed E-state index contributed by atoms with van der Waals surface area (Å²) in [5.74, 6) is 0. The molecule has 0 atom stereocenters. The third kappa shape index (κ3) is 3.98. The number of alkyl halides is 3. The number of benzene rings is 1. The van der Waals surface area contributed by atoms with E-state index in [0.29, 0.717) is 18.7 Å². The van der Waals surface area contributed by atoms with Crippen LogP contribution in [0, 0.1) is 0 Å². The summed E-state index contributed by atoms with van der Waals surface area (Å²) in [6, 6.07) is 5.05. The van der Waals surface area contributed by atoms with Crippen molar-refractivity contribution in [3.63, 3.8) is 0 Å². The van der Waals surface area contributed by atoms with Gasteiger partial charge in [-0.25, -0.2) is 0 Å². The molecule has 0 aliphatic heterocycles. The first-order valence-corrected chi connectivity index (χ1v) is 5.91. The third-order valence-electron chi connectivity index (χ3n) is 2.77. The van der Waals surface area contributed by atoms with Crippen LogP contribution in [-0.4, -0.2) is 16.3 Å². The van der Waals surface area contributed by atoms with E-state index in [1.54, 1.807) is 17.1 Å². The minimum atomic E-state index is -4.30. The van der Waals surface area contributed by atoms with Crippen molar-refractivity contribution in [3.05, 3.63) is 42.2 Å². The van der Waals surface area contributed by atoms with Gasteiger partial charge in [0.25, 0.3) is 0 Å². The SMILES string of the molecule is Cl.NCCCn1cc(-c2ccc(C(F)(F)F)cc2)cn1. The number of hydrogen-bond donors (Lipinski definition) is 1. The minimum Gasteiger partial charge on any atom is -0.330 e. The number of nitrogens with two attached hydrogens (primary N) is 1. The summed E-state index contributed by atoms with van der Waals surface area (Å²) in [6.07, 6.45) is -0.0463. The van der Waals surface area contributed by atoms with E-state index in [1.807, 2.05) is 0 Å². The van der Waals surface area contributed by atoms with Crippen LogP contribution < -0.4 is 5.73 Å². The van der Waals surface area contributed by atoms with Crippen LogP contribution in [0.2, 0.25) is 0 Å². The molecule has 0 saturated heterocycles. The molecule has 3 nitrogen and oxygen atoms in total. The Hall–Kier alpha value is -1.53. The molecule has 0 spiro atoms. The number of hydrogen-bond acceptors (Lipinski definition) is 2. The molecule has 0 radical (unpaired) electrons. The molecule has 1 aromatic carbocycles. The molecule has 0 amide bonds. The van der Waals surface area contributed by atoms with Gasteiger partial charge in [-0.05, 0) is 30.7 Å². The summed E-state index contributed by atoms with van der Waals surface area (Å²) in [5.41, 5.74) is 6.27. The monoisotopic (exact) mass is 305 g/mol. The third-order valence-corrected chi connectivity index (χ3v) is 2.77. The Bertz CT molecular complexity index is 535. The summed E-state index contributed by atoms with van der Waals surface area (Å²) < 4.78 is 39.0. The van der Waals surface area contributed by atoms with Crippen molar-refractivity contribution in [1.29, 1.82) is 0 Å². The van der Waals surface area contributed by atoms with Gasteiger partial charge in [-0.15, -0.1) is 12.4 Å². The van der Waals surface area contributed by atoms with Crippen LogP contribution in [0.3, 0.4) is 0 Å². The smallest absolute Gasteiger partial charge is 0.330 e. The molecule has 0 unspecified atom stereocenters. The number of aromatic nitrogens is 2. The first-order chi connectivity index (χ1) is 9.00. The lowest BCUT2D eigenvalue weighted by atomic mass is 10.1. The van der Waals surface area contributed by atoms with E-state index in [0.717, 1.165) is 24.1 Å². The molecule has 110 valence electrons. The van der Waals surface area contributed by atoms with Crippen molar-refractivity contribution in [1.82, 2.24) is 9.78 Å². The van der Waals surface area contributed by atoms with Gasteiger partial charge in [0.2, 0.25) is 0 Å². The van der Waals surface area contributed by atoms with Gasteiger partial charge >= 0.3 is 6.18 Å². The molecule has 0 aliphatic rings. The minimum absolute atomic E-state index is 0. The van der Waals surface area contributed by atoms with Crippen LogP contribution in [0.4, 0.5) is 13.2 Å².